The Morgan fingerprint density at radius 1 is 1.29 bits per heavy atom. The molecular formula is C10H7BrN2O3S. The van der Waals surface area contributed by atoms with E-state index < -0.39 is 11.2 Å². The van der Waals surface area contributed by atoms with Gasteiger partial charge in [0.2, 0.25) is 0 Å². The molecule has 7 heteroatoms. The van der Waals surface area contributed by atoms with Gasteiger partial charge in [0.25, 0.3) is 5.56 Å². The predicted octanol–water partition coefficient (Wildman–Crippen LogP) is 1.69. The van der Waals surface area contributed by atoms with Crippen LogP contribution < -0.4 is 11.2 Å². The van der Waals surface area contributed by atoms with E-state index in [2.05, 4.69) is 20.9 Å². The van der Waals surface area contributed by atoms with Gasteiger partial charge in [-0.3, -0.25) is 9.78 Å². The van der Waals surface area contributed by atoms with Crippen LogP contribution in [0.25, 0.3) is 0 Å². The molecule has 0 atom stereocenters. The number of hydrogen-bond donors (Lipinski definition) is 2. The van der Waals surface area contributed by atoms with Crippen LogP contribution >= 0.6 is 27.7 Å². The van der Waals surface area contributed by atoms with Crippen LogP contribution in [0, 0.1) is 0 Å². The van der Waals surface area contributed by atoms with Crippen LogP contribution in [-0.2, 0) is 0 Å². The Kier molecular flexibility index (Phi) is 3.39. The fourth-order valence-electron chi connectivity index (χ4n) is 1.17. The lowest BCUT2D eigenvalue weighted by molar-refractivity contribution is 0.159. The third kappa shape index (κ3) is 2.62. The SMILES string of the molecule is O=c1cc(Sc2ccccc2Br)[nH]c(=O)n1O. The number of H-pyrrole nitrogens is 1. The maximum Gasteiger partial charge on any atom is 0.362 e. The molecule has 2 N–H and O–H groups in total. The number of aromatic amines is 1. The van der Waals surface area contributed by atoms with Crippen molar-refractivity contribution < 1.29 is 5.21 Å². The summed E-state index contributed by atoms with van der Waals surface area (Å²) in [4.78, 5) is 25.6. The molecule has 1 aromatic carbocycles. The van der Waals surface area contributed by atoms with Gasteiger partial charge in [0, 0.05) is 15.4 Å². The number of benzene rings is 1. The molecule has 88 valence electrons. The van der Waals surface area contributed by atoms with Crippen molar-refractivity contribution in [3.63, 3.8) is 0 Å². The van der Waals surface area contributed by atoms with Gasteiger partial charge >= 0.3 is 5.69 Å². The smallest absolute Gasteiger partial charge is 0.362 e. The molecular weight excluding hydrogens is 308 g/mol. The average molecular weight is 315 g/mol. The molecule has 0 aliphatic carbocycles. The summed E-state index contributed by atoms with van der Waals surface area (Å²) in [6.07, 6.45) is 0. The van der Waals surface area contributed by atoms with Crippen molar-refractivity contribution in [3.8, 4) is 0 Å². The lowest BCUT2D eigenvalue weighted by Gasteiger charge is -2.03. The summed E-state index contributed by atoms with van der Waals surface area (Å²) in [7, 11) is 0. The van der Waals surface area contributed by atoms with E-state index in [0.29, 0.717) is 5.03 Å². The van der Waals surface area contributed by atoms with Crippen LogP contribution in [0.1, 0.15) is 0 Å². The molecule has 0 fully saturated rings. The molecule has 5 nitrogen and oxygen atoms in total. The highest BCUT2D eigenvalue weighted by atomic mass is 79.9. The lowest BCUT2D eigenvalue weighted by atomic mass is 10.4. The fraction of sp³-hybridized carbons (Fsp3) is 0. The lowest BCUT2D eigenvalue weighted by Crippen LogP contribution is -2.32. The average Bonchev–Trinajstić information content (AvgIpc) is 2.29. The summed E-state index contributed by atoms with van der Waals surface area (Å²) >= 11 is 4.58. The molecule has 0 aliphatic rings. The number of aromatic nitrogens is 2. The monoisotopic (exact) mass is 314 g/mol. The maximum atomic E-state index is 11.2. The van der Waals surface area contributed by atoms with E-state index in [1.165, 1.54) is 11.8 Å². The van der Waals surface area contributed by atoms with E-state index in [-0.39, 0.29) is 4.73 Å². The van der Waals surface area contributed by atoms with Crippen molar-refractivity contribution in [3.05, 3.63) is 55.6 Å². The molecule has 2 aromatic rings. The van der Waals surface area contributed by atoms with Gasteiger partial charge in [0.1, 0.15) is 0 Å². The Morgan fingerprint density at radius 2 is 2.00 bits per heavy atom. The van der Waals surface area contributed by atoms with Crippen LogP contribution in [0.4, 0.5) is 0 Å². The second-order valence-electron chi connectivity index (χ2n) is 3.12. The highest BCUT2D eigenvalue weighted by Crippen LogP contribution is 2.30. The van der Waals surface area contributed by atoms with Crippen LogP contribution in [0.3, 0.4) is 0 Å². The molecule has 0 spiro atoms. The van der Waals surface area contributed by atoms with Crippen molar-refractivity contribution in [2.24, 2.45) is 0 Å². The number of hydrogen-bond acceptors (Lipinski definition) is 4. The van der Waals surface area contributed by atoms with Crippen molar-refractivity contribution in [1.29, 1.82) is 0 Å². The normalized spacial score (nSPS) is 10.4. The maximum absolute atomic E-state index is 11.2. The molecule has 0 aliphatic heterocycles. The van der Waals surface area contributed by atoms with E-state index in [4.69, 9.17) is 5.21 Å². The largest absolute Gasteiger partial charge is 0.421 e. The number of nitrogens with zero attached hydrogens (tertiary/aromatic N) is 1. The Balaban J connectivity index is 2.41. The Hall–Kier alpha value is -1.47. The summed E-state index contributed by atoms with van der Waals surface area (Å²) in [6.45, 7) is 0. The van der Waals surface area contributed by atoms with Gasteiger partial charge in [-0.15, -0.1) is 0 Å². The van der Waals surface area contributed by atoms with Crippen molar-refractivity contribution in [2.45, 2.75) is 9.92 Å². The summed E-state index contributed by atoms with van der Waals surface area (Å²) in [6, 6.07) is 8.57. The molecule has 0 radical (unpaired) electrons. The van der Waals surface area contributed by atoms with E-state index in [1.807, 2.05) is 24.3 Å². The van der Waals surface area contributed by atoms with E-state index in [0.717, 1.165) is 15.4 Å². The predicted molar refractivity (Wildman–Crippen MR) is 66.8 cm³/mol. The minimum absolute atomic E-state index is 0.0318. The summed E-state index contributed by atoms with van der Waals surface area (Å²) < 4.78 is 0.892. The van der Waals surface area contributed by atoms with Crippen LogP contribution in [0.5, 0.6) is 0 Å². The Morgan fingerprint density at radius 3 is 2.65 bits per heavy atom. The molecule has 1 aromatic heterocycles. The van der Waals surface area contributed by atoms with E-state index in [1.54, 1.807) is 0 Å². The Labute approximate surface area is 108 Å². The number of rotatable bonds is 2. The highest BCUT2D eigenvalue weighted by Gasteiger charge is 2.06. The zero-order chi connectivity index (χ0) is 12.4. The molecule has 0 saturated heterocycles. The molecule has 0 saturated carbocycles. The summed E-state index contributed by atoms with van der Waals surface area (Å²) in [5, 5.41) is 9.37. The van der Waals surface area contributed by atoms with Gasteiger partial charge in [0.05, 0.1) is 5.03 Å². The number of nitrogens with one attached hydrogen (secondary N) is 1. The second kappa shape index (κ2) is 4.80. The minimum atomic E-state index is -0.855. The van der Waals surface area contributed by atoms with Crippen molar-refractivity contribution in [2.75, 3.05) is 0 Å². The number of halogens is 1. The van der Waals surface area contributed by atoms with Gasteiger partial charge < -0.3 is 5.21 Å². The molecule has 0 bridgehead atoms. The first kappa shape index (κ1) is 12.0. The molecule has 0 amide bonds. The molecule has 17 heavy (non-hydrogen) atoms. The second-order valence-corrected chi connectivity index (χ2v) is 5.06. The molecule has 0 unspecified atom stereocenters. The molecule has 2 rings (SSSR count). The zero-order valence-corrected chi connectivity index (χ0v) is 10.8. The first-order valence-corrected chi connectivity index (χ1v) is 6.17. The summed E-state index contributed by atoms with van der Waals surface area (Å²) in [5.74, 6) is 0. The minimum Gasteiger partial charge on any atom is -0.421 e. The van der Waals surface area contributed by atoms with Crippen molar-refractivity contribution >= 4 is 27.7 Å². The highest BCUT2D eigenvalue weighted by molar-refractivity contribution is 9.10. The van der Waals surface area contributed by atoms with Gasteiger partial charge in [0.15, 0.2) is 0 Å². The van der Waals surface area contributed by atoms with Crippen LogP contribution in [-0.4, -0.2) is 14.9 Å². The zero-order valence-electron chi connectivity index (χ0n) is 8.38. The standard InChI is InChI=1S/C10H7BrN2O3S/c11-6-3-1-2-4-7(6)17-8-5-9(14)13(16)10(15)12-8/h1-5,16H,(H,12,15). The van der Waals surface area contributed by atoms with Gasteiger partial charge in [-0.1, -0.05) is 28.6 Å². The van der Waals surface area contributed by atoms with Crippen LogP contribution in [0.2, 0.25) is 0 Å². The van der Waals surface area contributed by atoms with Gasteiger partial charge in [-0.05, 0) is 28.1 Å². The van der Waals surface area contributed by atoms with E-state index in [9.17, 15) is 9.59 Å². The van der Waals surface area contributed by atoms with Gasteiger partial charge in [-0.25, -0.2) is 4.79 Å². The van der Waals surface area contributed by atoms with Gasteiger partial charge in [-0.2, -0.15) is 0 Å². The van der Waals surface area contributed by atoms with E-state index >= 15 is 0 Å². The third-order valence-corrected chi connectivity index (χ3v) is 3.91. The first-order valence-electron chi connectivity index (χ1n) is 4.56. The fourth-order valence-corrected chi connectivity index (χ4v) is 2.54. The Bertz CT molecular complexity index is 634. The topological polar surface area (TPSA) is 75.1 Å². The third-order valence-electron chi connectivity index (χ3n) is 1.94. The first-order chi connectivity index (χ1) is 8.08. The van der Waals surface area contributed by atoms with Crippen molar-refractivity contribution in [1.82, 2.24) is 9.71 Å². The quantitative estimate of drug-likeness (QED) is 0.653. The van der Waals surface area contributed by atoms with Crippen LogP contribution in [0.15, 0.2) is 54.3 Å². The molecule has 1 heterocycles. The summed E-state index contributed by atoms with van der Waals surface area (Å²) in [5.41, 5.74) is -1.62.